The summed E-state index contributed by atoms with van der Waals surface area (Å²) in [5.41, 5.74) is 2.27. The molecule has 0 saturated carbocycles. The number of carbonyl (C=O) groups excluding carboxylic acids is 1. The Morgan fingerprint density at radius 2 is 2.03 bits per heavy atom. The highest BCUT2D eigenvalue weighted by Crippen LogP contribution is 2.33. The molecular weight excluding hydrogens is 467 g/mol. The molecule has 3 heterocycles. The maximum Gasteiger partial charge on any atom is 0.234 e. The van der Waals surface area contributed by atoms with E-state index in [4.69, 9.17) is 33.2 Å². The van der Waals surface area contributed by atoms with E-state index in [1.807, 2.05) is 36.4 Å². The summed E-state index contributed by atoms with van der Waals surface area (Å²) in [6, 6.07) is 14.6. The lowest BCUT2D eigenvalue weighted by Crippen LogP contribution is -2.42. The minimum atomic E-state index is -0.157. The number of hydrogen-bond acceptors (Lipinski definition) is 6. The molecule has 0 aliphatic carbocycles. The molecule has 3 aromatic rings. The molecule has 0 fully saturated rings. The number of benzene rings is 2. The number of para-hydroxylation sites is 1. The molecule has 7 nitrogen and oxygen atoms in total. The fourth-order valence-corrected chi connectivity index (χ4v) is 4.75. The first-order valence-corrected chi connectivity index (χ1v) is 11.8. The van der Waals surface area contributed by atoms with Gasteiger partial charge in [-0.2, -0.15) is 5.10 Å². The SMILES string of the molecule is O=C(CSC1=Nc2c(cnn2-c2cccc(Cl)c2)C2=NCCCN12)Nc1ccccc1Cl. The van der Waals surface area contributed by atoms with Crippen molar-refractivity contribution in [3.05, 3.63) is 70.3 Å². The van der Waals surface area contributed by atoms with Gasteiger partial charge in [0.2, 0.25) is 5.91 Å². The van der Waals surface area contributed by atoms with Crippen LogP contribution in [0.4, 0.5) is 11.5 Å². The Hall–Kier alpha value is -2.81. The number of rotatable bonds is 4. The number of amidine groups is 2. The molecule has 1 amide bonds. The molecule has 1 aromatic heterocycles. The third kappa shape index (κ3) is 4.13. The normalized spacial score (nSPS) is 14.9. The molecule has 0 bridgehead atoms. The number of nitrogens with zero attached hydrogens (tertiary/aromatic N) is 5. The first-order valence-electron chi connectivity index (χ1n) is 10.0. The number of halogens is 2. The van der Waals surface area contributed by atoms with Crippen molar-refractivity contribution < 1.29 is 4.79 Å². The highest BCUT2D eigenvalue weighted by molar-refractivity contribution is 8.14. The molecular formula is C22H18Cl2N6OS. The minimum absolute atomic E-state index is 0.157. The highest BCUT2D eigenvalue weighted by Gasteiger charge is 2.32. The van der Waals surface area contributed by atoms with Crippen molar-refractivity contribution in [2.75, 3.05) is 24.2 Å². The van der Waals surface area contributed by atoms with Crippen LogP contribution >= 0.6 is 35.0 Å². The molecule has 2 aromatic carbocycles. The minimum Gasteiger partial charge on any atom is -0.324 e. The van der Waals surface area contributed by atoms with Gasteiger partial charge >= 0.3 is 0 Å². The quantitative estimate of drug-likeness (QED) is 0.564. The number of aromatic nitrogens is 2. The molecule has 0 radical (unpaired) electrons. The van der Waals surface area contributed by atoms with Crippen LogP contribution in [0.2, 0.25) is 10.0 Å². The fourth-order valence-electron chi connectivity index (χ4n) is 3.57. The molecule has 0 atom stereocenters. The Morgan fingerprint density at radius 3 is 2.88 bits per heavy atom. The first kappa shape index (κ1) is 21.1. The van der Waals surface area contributed by atoms with Gasteiger partial charge in [0.15, 0.2) is 11.0 Å². The van der Waals surface area contributed by atoms with Crippen LogP contribution < -0.4 is 5.32 Å². The van der Waals surface area contributed by atoms with Crippen LogP contribution in [0.1, 0.15) is 12.0 Å². The Kier molecular flexibility index (Phi) is 5.91. The Bertz CT molecular complexity index is 1250. The van der Waals surface area contributed by atoms with E-state index >= 15 is 0 Å². The van der Waals surface area contributed by atoms with Crippen molar-refractivity contribution in [1.82, 2.24) is 14.7 Å². The third-order valence-corrected chi connectivity index (χ3v) is 6.55. The number of anilines is 1. The lowest BCUT2D eigenvalue weighted by Gasteiger charge is -2.32. The number of carbonyl (C=O) groups is 1. The number of hydrogen-bond donors (Lipinski definition) is 1. The average Bonchev–Trinajstić information content (AvgIpc) is 3.23. The molecule has 162 valence electrons. The van der Waals surface area contributed by atoms with Crippen LogP contribution in [0, 0.1) is 0 Å². The summed E-state index contributed by atoms with van der Waals surface area (Å²) in [5.74, 6) is 1.55. The van der Waals surface area contributed by atoms with Crippen LogP contribution in [-0.2, 0) is 4.79 Å². The zero-order valence-corrected chi connectivity index (χ0v) is 19.2. The largest absolute Gasteiger partial charge is 0.324 e. The van der Waals surface area contributed by atoms with Crippen LogP contribution in [0.3, 0.4) is 0 Å². The number of fused-ring (bicyclic) bond motifs is 3. The maximum atomic E-state index is 12.6. The second-order valence-electron chi connectivity index (χ2n) is 7.20. The number of nitrogens with one attached hydrogen (secondary N) is 1. The van der Waals surface area contributed by atoms with Crippen molar-refractivity contribution in [2.45, 2.75) is 6.42 Å². The molecule has 32 heavy (non-hydrogen) atoms. The predicted molar refractivity (Wildman–Crippen MR) is 131 cm³/mol. The third-order valence-electron chi connectivity index (χ3n) is 5.01. The van der Waals surface area contributed by atoms with E-state index in [-0.39, 0.29) is 11.7 Å². The predicted octanol–water partition coefficient (Wildman–Crippen LogP) is 5.00. The summed E-state index contributed by atoms with van der Waals surface area (Å²) >= 11 is 13.7. The van der Waals surface area contributed by atoms with Crippen molar-refractivity contribution in [1.29, 1.82) is 0 Å². The van der Waals surface area contributed by atoms with Gasteiger partial charge in [0.25, 0.3) is 0 Å². The van der Waals surface area contributed by atoms with E-state index in [9.17, 15) is 4.79 Å². The van der Waals surface area contributed by atoms with Crippen molar-refractivity contribution in [3.63, 3.8) is 0 Å². The lowest BCUT2D eigenvalue weighted by molar-refractivity contribution is -0.113. The van der Waals surface area contributed by atoms with E-state index in [1.165, 1.54) is 11.8 Å². The fraction of sp³-hybridized carbons (Fsp3) is 0.182. The van der Waals surface area contributed by atoms with E-state index in [0.29, 0.717) is 26.7 Å². The molecule has 5 rings (SSSR count). The van der Waals surface area contributed by atoms with Gasteiger partial charge in [-0.3, -0.25) is 9.79 Å². The van der Waals surface area contributed by atoms with Crippen LogP contribution in [0.15, 0.2) is 64.7 Å². The Balaban J connectivity index is 1.43. The van der Waals surface area contributed by atoms with E-state index in [1.54, 1.807) is 23.0 Å². The topological polar surface area (TPSA) is 74.9 Å². The summed E-state index contributed by atoms with van der Waals surface area (Å²) in [6.45, 7) is 1.54. The number of amides is 1. The molecule has 2 aliphatic heterocycles. The van der Waals surface area contributed by atoms with Gasteiger partial charge in [-0.05, 0) is 36.8 Å². The highest BCUT2D eigenvalue weighted by atomic mass is 35.5. The monoisotopic (exact) mass is 484 g/mol. The number of thioether (sulfide) groups is 1. The summed E-state index contributed by atoms with van der Waals surface area (Å²) in [4.78, 5) is 24.2. The second-order valence-corrected chi connectivity index (χ2v) is 8.98. The van der Waals surface area contributed by atoms with E-state index in [0.717, 1.165) is 36.6 Å². The van der Waals surface area contributed by atoms with E-state index in [2.05, 4.69) is 15.3 Å². The summed E-state index contributed by atoms with van der Waals surface area (Å²) in [7, 11) is 0. The molecule has 0 spiro atoms. The van der Waals surface area contributed by atoms with E-state index < -0.39 is 0 Å². The zero-order chi connectivity index (χ0) is 22.1. The van der Waals surface area contributed by atoms with Crippen molar-refractivity contribution in [2.24, 2.45) is 9.98 Å². The van der Waals surface area contributed by atoms with Gasteiger partial charge in [-0.25, -0.2) is 9.67 Å². The van der Waals surface area contributed by atoms with Gasteiger partial charge < -0.3 is 10.2 Å². The van der Waals surface area contributed by atoms with Crippen LogP contribution in [0.5, 0.6) is 0 Å². The van der Waals surface area contributed by atoms with Crippen molar-refractivity contribution >= 4 is 63.4 Å². The van der Waals surface area contributed by atoms with Crippen LogP contribution in [-0.4, -0.2) is 50.4 Å². The van der Waals surface area contributed by atoms with Gasteiger partial charge in [-0.1, -0.05) is 53.2 Å². The Labute approximate surface area is 199 Å². The zero-order valence-electron chi connectivity index (χ0n) is 16.8. The van der Waals surface area contributed by atoms with Crippen molar-refractivity contribution in [3.8, 4) is 5.69 Å². The number of aliphatic imine (C=N–C) groups is 2. The maximum absolute atomic E-state index is 12.6. The second kappa shape index (κ2) is 8.97. The molecule has 2 aliphatic rings. The Morgan fingerprint density at radius 1 is 1.16 bits per heavy atom. The first-order chi connectivity index (χ1) is 15.6. The van der Waals surface area contributed by atoms with Gasteiger partial charge in [0.1, 0.15) is 5.84 Å². The molecule has 1 N–H and O–H groups in total. The smallest absolute Gasteiger partial charge is 0.234 e. The van der Waals surface area contributed by atoms with Gasteiger partial charge in [0.05, 0.1) is 33.9 Å². The summed E-state index contributed by atoms with van der Waals surface area (Å²) in [6.07, 6.45) is 2.70. The van der Waals surface area contributed by atoms with Gasteiger partial charge in [-0.15, -0.1) is 0 Å². The molecule has 0 unspecified atom stereocenters. The van der Waals surface area contributed by atoms with Crippen LogP contribution in [0.25, 0.3) is 5.69 Å². The summed E-state index contributed by atoms with van der Waals surface area (Å²) in [5, 5.41) is 9.22. The molecule has 0 saturated heterocycles. The summed E-state index contributed by atoms with van der Waals surface area (Å²) < 4.78 is 1.75. The van der Waals surface area contributed by atoms with Gasteiger partial charge in [0, 0.05) is 18.1 Å². The lowest BCUT2D eigenvalue weighted by atomic mass is 10.2. The molecule has 10 heteroatoms. The standard InChI is InChI=1S/C22H18Cl2N6OS/c23-14-5-3-6-15(11-14)30-21-16(12-26-30)20-25-9-4-10-29(20)22(28-21)32-13-19(31)27-18-8-2-1-7-17(18)24/h1-3,5-8,11-12H,4,9-10,13H2,(H,27,31). The average molecular weight is 485 g/mol.